The van der Waals surface area contributed by atoms with Crippen molar-refractivity contribution in [3.05, 3.63) is 0 Å². The Bertz CT molecular complexity index is 323. The average Bonchev–Trinajstić information content (AvgIpc) is 2.38. The molecule has 5 heteroatoms. The van der Waals surface area contributed by atoms with Crippen LogP contribution in [0.5, 0.6) is 0 Å². The molecular weight excluding hydrogens is 244 g/mol. The first-order chi connectivity index (χ1) is 8.91. The first-order valence-corrected chi connectivity index (χ1v) is 7.22. The Labute approximate surface area is 114 Å². The van der Waals surface area contributed by atoms with Gasteiger partial charge in [-0.15, -0.1) is 0 Å². The van der Waals surface area contributed by atoms with Crippen LogP contribution in [0.25, 0.3) is 0 Å². The summed E-state index contributed by atoms with van der Waals surface area (Å²) in [6, 6.07) is -0.601. The van der Waals surface area contributed by atoms with E-state index in [4.69, 9.17) is 5.73 Å². The van der Waals surface area contributed by atoms with E-state index >= 15 is 0 Å². The largest absolute Gasteiger partial charge is 0.480 e. The Morgan fingerprint density at radius 2 is 2.00 bits per heavy atom. The normalized spacial score (nSPS) is 28.7. The summed E-state index contributed by atoms with van der Waals surface area (Å²) < 4.78 is 0. The molecule has 0 aromatic rings. The van der Waals surface area contributed by atoms with Gasteiger partial charge in [0.15, 0.2) is 0 Å². The number of amides is 1. The van der Waals surface area contributed by atoms with Crippen molar-refractivity contribution in [2.75, 3.05) is 0 Å². The molecule has 0 saturated heterocycles. The molecule has 5 nitrogen and oxygen atoms in total. The fourth-order valence-corrected chi connectivity index (χ4v) is 2.53. The predicted octanol–water partition coefficient (Wildman–Crippen LogP) is 1.65. The third-order valence-corrected chi connectivity index (χ3v) is 4.11. The molecule has 0 radical (unpaired) electrons. The van der Waals surface area contributed by atoms with E-state index in [1.165, 1.54) is 0 Å². The molecule has 0 heterocycles. The number of carboxylic acids is 1. The maximum atomic E-state index is 12.0. The van der Waals surface area contributed by atoms with Gasteiger partial charge in [-0.25, -0.2) is 4.79 Å². The average molecular weight is 270 g/mol. The van der Waals surface area contributed by atoms with Gasteiger partial charge in [0.2, 0.25) is 5.91 Å². The number of aliphatic carboxylic acids is 1. The fourth-order valence-electron chi connectivity index (χ4n) is 2.53. The second-order valence-electron chi connectivity index (χ2n) is 5.81. The lowest BCUT2D eigenvalue weighted by Gasteiger charge is -2.37. The van der Waals surface area contributed by atoms with Gasteiger partial charge in [0.05, 0.1) is 6.04 Å². The first kappa shape index (κ1) is 16.0. The van der Waals surface area contributed by atoms with E-state index in [0.717, 1.165) is 25.7 Å². The molecule has 1 aliphatic carbocycles. The van der Waals surface area contributed by atoms with Gasteiger partial charge in [-0.2, -0.15) is 0 Å². The molecule has 1 amide bonds. The number of carboxylic acid groups (broad SMARTS) is 1. The van der Waals surface area contributed by atoms with Crippen LogP contribution in [0.3, 0.4) is 0 Å². The number of nitrogens with two attached hydrogens (primary N) is 1. The van der Waals surface area contributed by atoms with Crippen molar-refractivity contribution >= 4 is 11.9 Å². The van der Waals surface area contributed by atoms with Gasteiger partial charge in [0.1, 0.15) is 5.54 Å². The van der Waals surface area contributed by atoms with Crippen molar-refractivity contribution in [3.8, 4) is 0 Å². The molecule has 1 atom stereocenters. The molecule has 1 rings (SSSR count). The van der Waals surface area contributed by atoms with Gasteiger partial charge in [0, 0.05) is 0 Å². The third kappa shape index (κ3) is 4.20. The van der Waals surface area contributed by atoms with Gasteiger partial charge in [-0.1, -0.05) is 26.7 Å². The number of unbranched alkanes of at least 4 members (excludes halogenated alkanes) is 1. The van der Waals surface area contributed by atoms with Crippen molar-refractivity contribution in [2.24, 2.45) is 11.7 Å². The summed E-state index contributed by atoms with van der Waals surface area (Å²) in [7, 11) is 0. The zero-order chi connectivity index (χ0) is 14.5. The number of rotatable bonds is 6. The van der Waals surface area contributed by atoms with Crippen LogP contribution in [-0.4, -0.2) is 28.6 Å². The Morgan fingerprint density at radius 3 is 2.47 bits per heavy atom. The van der Waals surface area contributed by atoms with Crippen LogP contribution < -0.4 is 11.1 Å². The van der Waals surface area contributed by atoms with Crippen molar-refractivity contribution < 1.29 is 14.7 Å². The molecule has 0 aliphatic heterocycles. The molecule has 0 bridgehead atoms. The molecule has 1 fully saturated rings. The smallest absolute Gasteiger partial charge is 0.329 e. The summed E-state index contributed by atoms with van der Waals surface area (Å²) in [4.78, 5) is 23.5. The standard InChI is InChI=1S/C14H26N2O3/c1-3-4-5-11(15)12(17)16-14(13(18)19)8-6-10(2)7-9-14/h10-11H,3-9,15H2,1-2H3,(H,16,17)(H,18,19)/t10?,11-,14?/m0/s1. The highest BCUT2D eigenvalue weighted by Gasteiger charge is 2.43. The molecule has 0 unspecified atom stereocenters. The van der Waals surface area contributed by atoms with Gasteiger partial charge < -0.3 is 16.2 Å². The van der Waals surface area contributed by atoms with Crippen LogP contribution in [0.15, 0.2) is 0 Å². The van der Waals surface area contributed by atoms with E-state index in [9.17, 15) is 14.7 Å². The minimum Gasteiger partial charge on any atom is -0.480 e. The molecule has 1 saturated carbocycles. The predicted molar refractivity (Wildman–Crippen MR) is 73.6 cm³/mol. The number of hydrogen-bond acceptors (Lipinski definition) is 3. The summed E-state index contributed by atoms with van der Waals surface area (Å²) in [5.41, 5.74) is 4.70. The van der Waals surface area contributed by atoms with E-state index in [0.29, 0.717) is 25.2 Å². The van der Waals surface area contributed by atoms with Gasteiger partial charge in [-0.3, -0.25) is 4.79 Å². The van der Waals surface area contributed by atoms with E-state index in [1.54, 1.807) is 0 Å². The number of carbonyl (C=O) groups is 2. The topological polar surface area (TPSA) is 92.4 Å². The highest BCUT2D eigenvalue weighted by Crippen LogP contribution is 2.32. The summed E-state index contributed by atoms with van der Waals surface area (Å²) >= 11 is 0. The van der Waals surface area contributed by atoms with Crippen molar-refractivity contribution in [1.29, 1.82) is 0 Å². The van der Waals surface area contributed by atoms with Gasteiger partial charge >= 0.3 is 5.97 Å². The highest BCUT2D eigenvalue weighted by molar-refractivity contribution is 5.89. The van der Waals surface area contributed by atoms with Crippen LogP contribution in [0.1, 0.15) is 58.8 Å². The zero-order valence-electron chi connectivity index (χ0n) is 11.9. The van der Waals surface area contributed by atoms with E-state index < -0.39 is 17.6 Å². The second kappa shape index (κ2) is 6.89. The van der Waals surface area contributed by atoms with Crippen LogP contribution in [-0.2, 0) is 9.59 Å². The maximum absolute atomic E-state index is 12.0. The number of nitrogens with one attached hydrogen (secondary N) is 1. The molecule has 19 heavy (non-hydrogen) atoms. The lowest BCUT2D eigenvalue weighted by atomic mass is 9.77. The second-order valence-corrected chi connectivity index (χ2v) is 5.81. The van der Waals surface area contributed by atoms with Crippen LogP contribution in [0.2, 0.25) is 0 Å². The lowest BCUT2D eigenvalue weighted by Crippen LogP contribution is -2.59. The summed E-state index contributed by atoms with van der Waals surface area (Å²) in [5, 5.41) is 12.1. The van der Waals surface area contributed by atoms with Crippen molar-refractivity contribution in [1.82, 2.24) is 5.32 Å². The molecule has 1 aliphatic rings. The highest BCUT2D eigenvalue weighted by atomic mass is 16.4. The molecule has 0 aromatic carbocycles. The van der Waals surface area contributed by atoms with E-state index in [1.807, 2.05) is 6.92 Å². The Morgan fingerprint density at radius 1 is 1.42 bits per heavy atom. The minimum atomic E-state index is -1.10. The number of hydrogen-bond donors (Lipinski definition) is 3. The first-order valence-electron chi connectivity index (χ1n) is 7.22. The summed E-state index contributed by atoms with van der Waals surface area (Å²) in [6.45, 7) is 4.15. The van der Waals surface area contributed by atoms with Crippen LogP contribution in [0, 0.1) is 5.92 Å². The van der Waals surface area contributed by atoms with Gasteiger partial charge in [0.25, 0.3) is 0 Å². The van der Waals surface area contributed by atoms with E-state index in [-0.39, 0.29) is 5.91 Å². The quantitative estimate of drug-likeness (QED) is 0.684. The minimum absolute atomic E-state index is 0.328. The Kier molecular flexibility index (Phi) is 5.79. The maximum Gasteiger partial charge on any atom is 0.329 e. The van der Waals surface area contributed by atoms with Crippen molar-refractivity contribution in [3.63, 3.8) is 0 Å². The molecule has 0 spiro atoms. The van der Waals surface area contributed by atoms with Crippen LogP contribution in [0.4, 0.5) is 0 Å². The summed E-state index contributed by atoms with van der Waals surface area (Å²) in [5.74, 6) is -0.737. The number of carbonyl (C=O) groups excluding carboxylic acids is 1. The Hall–Kier alpha value is -1.10. The van der Waals surface area contributed by atoms with Crippen LogP contribution >= 0.6 is 0 Å². The lowest BCUT2D eigenvalue weighted by molar-refractivity contribution is -0.149. The van der Waals surface area contributed by atoms with Crippen molar-refractivity contribution in [2.45, 2.75) is 70.4 Å². The fraction of sp³-hybridized carbons (Fsp3) is 0.857. The molecular formula is C14H26N2O3. The van der Waals surface area contributed by atoms with E-state index in [2.05, 4.69) is 12.2 Å². The summed E-state index contributed by atoms with van der Waals surface area (Å²) in [6.07, 6.45) is 5.11. The molecule has 110 valence electrons. The molecule has 0 aromatic heterocycles. The Balaban J connectivity index is 2.63. The monoisotopic (exact) mass is 270 g/mol. The SMILES string of the molecule is CCCC[C@H](N)C(=O)NC1(C(=O)O)CCC(C)CC1. The zero-order valence-corrected chi connectivity index (χ0v) is 11.9. The third-order valence-electron chi connectivity index (χ3n) is 4.11. The van der Waals surface area contributed by atoms with Gasteiger partial charge in [-0.05, 0) is 38.0 Å². The molecule has 4 N–H and O–H groups in total.